The van der Waals surface area contributed by atoms with Crippen LogP contribution in [0.1, 0.15) is 29.2 Å². The summed E-state index contributed by atoms with van der Waals surface area (Å²) < 4.78 is 11.9. The molecule has 0 fully saturated rings. The molecule has 0 radical (unpaired) electrons. The van der Waals surface area contributed by atoms with E-state index in [0.717, 1.165) is 10.9 Å². The van der Waals surface area contributed by atoms with Crippen LogP contribution >= 0.6 is 0 Å². The van der Waals surface area contributed by atoms with Crippen molar-refractivity contribution in [1.29, 1.82) is 0 Å². The quantitative estimate of drug-likeness (QED) is 0.166. The van der Waals surface area contributed by atoms with E-state index in [-0.39, 0.29) is 0 Å². The summed E-state index contributed by atoms with van der Waals surface area (Å²) in [4.78, 5) is 13.3. The molecule has 0 spiro atoms. The van der Waals surface area contributed by atoms with Gasteiger partial charge in [-0.15, -0.1) is 0 Å². The number of nitrogens with zero attached hydrogens (tertiary/aromatic N) is 1. The molecule has 0 saturated heterocycles. The number of hydrogen-bond acceptors (Lipinski definition) is 5. The fourth-order valence-corrected chi connectivity index (χ4v) is 4.52. The van der Waals surface area contributed by atoms with Crippen molar-refractivity contribution in [3.63, 3.8) is 0 Å². The summed E-state index contributed by atoms with van der Waals surface area (Å²) in [5.41, 5.74) is 3.24. The standard InChI is InChI=1S/C34H30N2O4/c1-2-39-32-22-25(18-20-31(32)40-24-26-17-19-27-11-9-10-12-28(27)21-26)23-35-36-33(37)34(38,29-13-5-3-6-14-29)30-15-7-4-8-16-30/h3-23,38H,2,24H2,1H3,(H,36,37)/b35-23-. The van der Waals surface area contributed by atoms with Crippen LogP contribution in [0.15, 0.2) is 126 Å². The van der Waals surface area contributed by atoms with Gasteiger partial charge in [0.15, 0.2) is 17.1 Å². The fraction of sp³-hybridized carbons (Fsp3) is 0.118. The lowest BCUT2D eigenvalue weighted by Crippen LogP contribution is -2.43. The minimum absolute atomic E-state index is 0.395. The van der Waals surface area contributed by atoms with E-state index in [2.05, 4.69) is 40.9 Å². The molecule has 6 heteroatoms. The van der Waals surface area contributed by atoms with Gasteiger partial charge in [-0.05, 0) is 64.2 Å². The Bertz CT molecular complexity index is 1580. The van der Waals surface area contributed by atoms with Crippen molar-refractivity contribution in [2.45, 2.75) is 19.1 Å². The average Bonchev–Trinajstić information content (AvgIpc) is 3.01. The maximum atomic E-state index is 13.3. The number of rotatable bonds is 10. The van der Waals surface area contributed by atoms with E-state index < -0.39 is 11.5 Å². The molecule has 0 aliphatic rings. The summed E-state index contributed by atoms with van der Waals surface area (Å²) in [7, 11) is 0. The van der Waals surface area contributed by atoms with E-state index in [1.165, 1.54) is 11.6 Å². The topological polar surface area (TPSA) is 80.2 Å². The summed E-state index contributed by atoms with van der Waals surface area (Å²) >= 11 is 0. The van der Waals surface area contributed by atoms with Gasteiger partial charge in [-0.1, -0.05) is 97.1 Å². The minimum Gasteiger partial charge on any atom is -0.490 e. The monoisotopic (exact) mass is 530 g/mol. The number of carbonyl (C=O) groups is 1. The molecule has 2 N–H and O–H groups in total. The predicted octanol–water partition coefficient (Wildman–Crippen LogP) is 6.20. The van der Waals surface area contributed by atoms with E-state index in [0.29, 0.717) is 41.4 Å². The number of hydrazone groups is 1. The van der Waals surface area contributed by atoms with Crippen LogP contribution in [-0.2, 0) is 17.0 Å². The number of amides is 1. The van der Waals surface area contributed by atoms with Gasteiger partial charge in [0.25, 0.3) is 5.91 Å². The zero-order valence-electron chi connectivity index (χ0n) is 22.2. The van der Waals surface area contributed by atoms with Crippen LogP contribution in [0.2, 0.25) is 0 Å². The van der Waals surface area contributed by atoms with Crippen molar-refractivity contribution in [2.75, 3.05) is 6.61 Å². The zero-order chi connectivity index (χ0) is 27.8. The van der Waals surface area contributed by atoms with Crippen molar-refractivity contribution in [1.82, 2.24) is 5.43 Å². The van der Waals surface area contributed by atoms with Crippen molar-refractivity contribution in [2.24, 2.45) is 5.10 Å². The lowest BCUT2D eigenvalue weighted by molar-refractivity contribution is -0.136. The van der Waals surface area contributed by atoms with Crippen molar-refractivity contribution in [3.8, 4) is 11.5 Å². The number of fused-ring (bicyclic) bond motifs is 1. The lowest BCUT2D eigenvalue weighted by Gasteiger charge is -2.27. The van der Waals surface area contributed by atoms with Gasteiger partial charge in [-0.25, -0.2) is 5.43 Å². The molecule has 5 aromatic carbocycles. The predicted molar refractivity (Wildman–Crippen MR) is 158 cm³/mol. The van der Waals surface area contributed by atoms with Crippen LogP contribution in [0, 0.1) is 0 Å². The van der Waals surface area contributed by atoms with Gasteiger partial charge in [0.1, 0.15) is 6.61 Å². The number of nitrogens with one attached hydrogen (secondary N) is 1. The third-order valence-corrected chi connectivity index (χ3v) is 6.57. The van der Waals surface area contributed by atoms with Gasteiger partial charge in [0, 0.05) is 0 Å². The van der Waals surface area contributed by atoms with E-state index in [1.807, 2.05) is 43.3 Å². The Hall–Kier alpha value is -4.94. The smallest absolute Gasteiger partial charge is 0.281 e. The van der Waals surface area contributed by atoms with Gasteiger partial charge in [0.05, 0.1) is 12.8 Å². The Kier molecular flexibility index (Phi) is 8.18. The number of ether oxygens (including phenoxy) is 2. The van der Waals surface area contributed by atoms with E-state index in [4.69, 9.17) is 9.47 Å². The van der Waals surface area contributed by atoms with Crippen molar-refractivity contribution >= 4 is 22.9 Å². The summed E-state index contributed by atoms with van der Waals surface area (Å²) in [6.07, 6.45) is 1.50. The van der Waals surface area contributed by atoms with Crippen LogP contribution in [0.5, 0.6) is 11.5 Å². The van der Waals surface area contributed by atoms with Gasteiger partial charge in [0.2, 0.25) is 0 Å². The molecule has 1 amide bonds. The highest BCUT2D eigenvalue weighted by Gasteiger charge is 2.39. The molecule has 0 heterocycles. The maximum Gasteiger partial charge on any atom is 0.281 e. The van der Waals surface area contributed by atoms with E-state index >= 15 is 0 Å². The lowest BCUT2D eigenvalue weighted by atomic mass is 9.85. The van der Waals surface area contributed by atoms with Crippen LogP contribution in [0.25, 0.3) is 10.8 Å². The largest absolute Gasteiger partial charge is 0.490 e. The number of benzene rings is 5. The highest BCUT2D eigenvalue weighted by molar-refractivity contribution is 5.91. The second-order valence-corrected chi connectivity index (χ2v) is 9.25. The van der Waals surface area contributed by atoms with Gasteiger partial charge in [-0.3, -0.25) is 4.79 Å². The Balaban J connectivity index is 1.30. The van der Waals surface area contributed by atoms with Crippen LogP contribution in [-0.4, -0.2) is 23.8 Å². The van der Waals surface area contributed by atoms with Gasteiger partial charge < -0.3 is 14.6 Å². The van der Waals surface area contributed by atoms with E-state index in [9.17, 15) is 9.90 Å². The first-order valence-electron chi connectivity index (χ1n) is 13.1. The number of hydrogen-bond donors (Lipinski definition) is 2. The highest BCUT2D eigenvalue weighted by Crippen LogP contribution is 2.31. The van der Waals surface area contributed by atoms with Crippen LogP contribution in [0.3, 0.4) is 0 Å². The van der Waals surface area contributed by atoms with Crippen LogP contribution in [0.4, 0.5) is 0 Å². The normalized spacial score (nSPS) is 11.4. The summed E-state index contributed by atoms with van der Waals surface area (Å²) in [6, 6.07) is 37.5. The Morgan fingerprint density at radius 1 is 0.775 bits per heavy atom. The molecule has 6 nitrogen and oxygen atoms in total. The fourth-order valence-electron chi connectivity index (χ4n) is 4.52. The molecule has 0 aliphatic carbocycles. The number of aliphatic hydroxyl groups is 1. The van der Waals surface area contributed by atoms with E-state index in [1.54, 1.807) is 54.6 Å². The minimum atomic E-state index is -1.91. The Morgan fingerprint density at radius 3 is 2.10 bits per heavy atom. The third-order valence-electron chi connectivity index (χ3n) is 6.57. The molecule has 0 saturated carbocycles. The molecule has 0 unspecified atom stereocenters. The molecule has 200 valence electrons. The zero-order valence-corrected chi connectivity index (χ0v) is 22.2. The third kappa shape index (κ3) is 5.87. The molecular weight excluding hydrogens is 500 g/mol. The molecule has 0 aliphatic heterocycles. The SMILES string of the molecule is CCOc1cc(/C=N\NC(=O)C(O)(c2ccccc2)c2ccccc2)ccc1OCc1ccc2ccccc2c1. The highest BCUT2D eigenvalue weighted by atomic mass is 16.5. The number of carbonyl (C=O) groups excluding carboxylic acids is 1. The Labute approximate surface area is 233 Å². The first-order valence-corrected chi connectivity index (χ1v) is 13.1. The first kappa shape index (κ1) is 26.7. The molecule has 40 heavy (non-hydrogen) atoms. The Morgan fingerprint density at radius 2 is 1.43 bits per heavy atom. The van der Waals surface area contributed by atoms with Crippen molar-refractivity contribution < 1.29 is 19.4 Å². The molecule has 0 bridgehead atoms. The maximum absolute atomic E-state index is 13.3. The molecule has 0 aromatic heterocycles. The van der Waals surface area contributed by atoms with Crippen LogP contribution < -0.4 is 14.9 Å². The molecule has 5 aromatic rings. The summed E-state index contributed by atoms with van der Waals surface area (Å²) in [5.74, 6) is 0.517. The second kappa shape index (κ2) is 12.3. The first-order chi connectivity index (χ1) is 19.6. The molecule has 0 atom stereocenters. The summed E-state index contributed by atoms with van der Waals surface area (Å²) in [6.45, 7) is 2.76. The molecular formula is C34H30N2O4. The van der Waals surface area contributed by atoms with Crippen molar-refractivity contribution in [3.05, 3.63) is 144 Å². The van der Waals surface area contributed by atoms with Gasteiger partial charge in [-0.2, -0.15) is 5.10 Å². The summed E-state index contributed by atoms with van der Waals surface area (Å²) in [5, 5.41) is 18.0. The second-order valence-electron chi connectivity index (χ2n) is 9.25. The van der Waals surface area contributed by atoms with Gasteiger partial charge >= 0.3 is 0 Å². The average molecular weight is 531 g/mol. The molecule has 5 rings (SSSR count).